The predicted molar refractivity (Wildman–Crippen MR) is 96.0 cm³/mol. The quantitative estimate of drug-likeness (QED) is 0.722. The van der Waals surface area contributed by atoms with Gasteiger partial charge in [0.1, 0.15) is 0 Å². The second kappa shape index (κ2) is 5.67. The van der Waals surface area contributed by atoms with Crippen LogP contribution in [0.25, 0.3) is 10.9 Å². The fraction of sp³-hybridized carbons (Fsp3) is 0.263. The van der Waals surface area contributed by atoms with Gasteiger partial charge >= 0.3 is 0 Å². The zero-order valence-corrected chi connectivity index (χ0v) is 13.6. The monoisotopic (exact) mass is 320 g/mol. The van der Waals surface area contributed by atoms with Gasteiger partial charge in [0.2, 0.25) is 0 Å². The average molecular weight is 320 g/mol. The van der Waals surface area contributed by atoms with Crippen LogP contribution in [0, 0.1) is 12.8 Å². The van der Waals surface area contributed by atoms with Crippen molar-refractivity contribution in [3.05, 3.63) is 53.7 Å². The summed E-state index contributed by atoms with van der Waals surface area (Å²) in [5.41, 5.74) is 9.76. The standard InChI is InChI=1S/C19H20N4O/c1-12-2-6-18(16(20)8-12)21-19(24)14-5-7-17-15(9-14)11-23(22-17)10-13-3-4-13/h2,5-9,11,13H,3-4,10,20H2,1H3,(H,21,24). The van der Waals surface area contributed by atoms with Crippen molar-refractivity contribution in [3.63, 3.8) is 0 Å². The number of fused-ring (bicyclic) bond motifs is 1. The van der Waals surface area contributed by atoms with E-state index in [0.717, 1.165) is 28.9 Å². The molecular weight excluding hydrogens is 300 g/mol. The molecule has 4 rings (SSSR count). The van der Waals surface area contributed by atoms with Crippen LogP contribution in [-0.2, 0) is 6.54 Å². The molecule has 0 aliphatic heterocycles. The molecule has 1 heterocycles. The van der Waals surface area contributed by atoms with Crippen molar-refractivity contribution in [2.24, 2.45) is 5.92 Å². The molecule has 1 saturated carbocycles. The molecule has 3 N–H and O–H groups in total. The van der Waals surface area contributed by atoms with Crippen molar-refractivity contribution in [3.8, 4) is 0 Å². The van der Waals surface area contributed by atoms with Crippen LogP contribution in [0.4, 0.5) is 11.4 Å². The number of nitrogens with one attached hydrogen (secondary N) is 1. The first-order valence-electron chi connectivity index (χ1n) is 8.23. The Hall–Kier alpha value is -2.82. The Kier molecular flexibility index (Phi) is 3.49. The maximum Gasteiger partial charge on any atom is 0.255 e. The fourth-order valence-corrected chi connectivity index (χ4v) is 2.87. The zero-order chi connectivity index (χ0) is 16.7. The van der Waals surface area contributed by atoms with E-state index in [1.165, 1.54) is 12.8 Å². The van der Waals surface area contributed by atoms with E-state index in [2.05, 4.69) is 10.4 Å². The molecule has 1 amide bonds. The molecule has 1 aliphatic carbocycles. The number of aryl methyl sites for hydroxylation is 1. The van der Waals surface area contributed by atoms with Gasteiger partial charge in [0.25, 0.3) is 5.91 Å². The molecule has 2 aromatic carbocycles. The topological polar surface area (TPSA) is 72.9 Å². The van der Waals surface area contributed by atoms with Crippen molar-refractivity contribution in [1.29, 1.82) is 0 Å². The summed E-state index contributed by atoms with van der Waals surface area (Å²) in [4.78, 5) is 12.5. The van der Waals surface area contributed by atoms with E-state index in [0.29, 0.717) is 16.9 Å². The summed E-state index contributed by atoms with van der Waals surface area (Å²) in [5, 5.41) is 8.43. The van der Waals surface area contributed by atoms with Gasteiger partial charge in [0, 0.05) is 23.7 Å². The normalized spacial score (nSPS) is 14.0. The Morgan fingerprint density at radius 2 is 2.12 bits per heavy atom. The first kappa shape index (κ1) is 14.8. The predicted octanol–water partition coefficient (Wildman–Crippen LogP) is 3.59. The molecule has 5 nitrogen and oxygen atoms in total. The summed E-state index contributed by atoms with van der Waals surface area (Å²) >= 11 is 0. The number of nitrogen functional groups attached to an aromatic ring is 1. The fourth-order valence-electron chi connectivity index (χ4n) is 2.87. The zero-order valence-electron chi connectivity index (χ0n) is 13.6. The number of carbonyl (C=O) groups is 1. The van der Waals surface area contributed by atoms with Gasteiger partial charge in [-0.3, -0.25) is 9.48 Å². The molecule has 0 saturated heterocycles. The molecule has 1 aliphatic rings. The van der Waals surface area contributed by atoms with E-state index in [-0.39, 0.29) is 5.91 Å². The van der Waals surface area contributed by atoms with Gasteiger partial charge in [-0.1, -0.05) is 6.07 Å². The average Bonchev–Trinajstić information content (AvgIpc) is 3.26. The lowest BCUT2D eigenvalue weighted by molar-refractivity contribution is 0.102. The van der Waals surface area contributed by atoms with Gasteiger partial charge < -0.3 is 11.1 Å². The maximum absolute atomic E-state index is 12.5. The highest BCUT2D eigenvalue weighted by molar-refractivity contribution is 6.07. The minimum atomic E-state index is -0.164. The van der Waals surface area contributed by atoms with E-state index in [1.807, 2.05) is 48.1 Å². The Labute approximate surface area is 140 Å². The third kappa shape index (κ3) is 2.97. The van der Waals surface area contributed by atoms with Gasteiger partial charge in [-0.25, -0.2) is 0 Å². The van der Waals surface area contributed by atoms with Crippen LogP contribution in [0.5, 0.6) is 0 Å². The highest BCUT2D eigenvalue weighted by Gasteiger charge is 2.22. The lowest BCUT2D eigenvalue weighted by Crippen LogP contribution is -2.13. The molecule has 1 aromatic heterocycles. The number of hydrogen-bond donors (Lipinski definition) is 2. The Morgan fingerprint density at radius 1 is 1.29 bits per heavy atom. The van der Waals surface area contributed by atoms with Gasteiger partial charge in [0.05, 0.1) is 16.9 Å². The lowest BCUT2D eigenvalue weighted by Gasteiger charge is -2.09. The van der Waals surface area contributed by atoms with Crippen LogP contribution in [0.1, 0.15) is 28.8 Å². The molecule has 5 heteroatoms. The molecule has 0 radical (unpaired) electrons. The molecule has 0 spiro atoms. The van der Waals surface area contributed by atoms with E-state index in [9.17, 15) is 4.79 Å². The second-order valence-electron chi connectivity index (χ2n) is 6.61. The molecule has 1 fully saturated rings. The minimum Gasteiger partial charge on any atom is -0.397 e. The number of benzene rings is 2. The molecule has 0 atom stereocenters. The summed E-state index contributed by atoms with van der Waals surface area (Å²) in [6, 6.07) is 11.2. The van der Waals surface area contributed by atoms with Crippen molar-refractivity contribution >= 4 is 28.2 Å². The van der Waals surface area contributed by atoms with E-state index >= 15 is 0 Å². The SMILES string of the molecule is Cc1ccc(NC(=O)c2ccc3nn(CC4CC4)cc3c2)c(N)c1. The minimum absolute atomic E-state index is 0.164. The number of rotatable bonds is 4. The number of hydrogen-bond acceptors (Lipinski definition) is 3. The Balaban J connectivity index is 1.56. The van der Waals surface area contributed by atoms with Crippen LogP contribution in [-0.4, -0.2) is 15.7 Å². The summed E-state index contributed by atoms with van der Waals surface area (Å²) in [6.07, 6.45) is 4.61. The van der Waals surface area contributed by atoms with E-state index < -0.39 is 0 Å². The molecule has 24 heavy (non-hydrogen) atoms. The van der Waals surface area contributed by atoms with Crippen molar-refractivity contribution in [1.82, 2.24) is 9.78 Å². The third-order valence-electron chi connectivity index (χ3n) is 4.41. The van der Waals surface area contributed by atoms with Gasteiger partial charge in [-0.05, 0) is 61.6 Å². The first-order valence-corrected chi connectivity index (χ1v) is 8.23. The van der Waals surface area contributed by atoms with E-state index in [1.54, 1.807) is 6.07 Å². The van der Waals surface area contributed by atoms with Crippen LogP contribution < -0.4 is 11.1 Å². The summed E-state index contributed by atoms with van der Waals surface area (Å²) in [6.45, 7) is 2.94. The highest BCUT2D eigenvalue weighted by Crippen LogP contribution is 2.31. The van der Waals surface area contributed by atoms with Gasteiger partial charge in [-0.2, -0.15) is 5.10 Å². The van der Waals surface area contributed by atoms with E-state index in [4.69, 9.17) is 5.73 Å². The summed E-state index contributed by atoms with van der Waals surface area (Å²) in [7, 11) is 0. The maximum atomic E-state index is 12.5. The molecule has 0 bridgehead atoms. The van der Waals surface area contributed by atoms with Crippen molar-refractivity contribution < 1.29 is 4.79 Å². The number of nitrogens with zero attached hydrogens (tertiary/aromatic N) is 2. The summed E-state index contributed by atoms with van der Waals surface area (Å²) < 4.78 is 1.99. The van der Waals surface area contributed by atoms with Crippen LogP contribution in [0.3, 0.4) is 0 Å². The third-order valence-corrected chi connectivity index (χ3v) is 4.41. The van der Waals surface area contributed by atoms with Crippen molar-refractivity contribution in [2.45, 2.75) is 26.3 Å². The highest BCUT2D eigenvalue weighted by atomic mass is 16.1. The largest absolute Gasteiger partial charge is 0.397 e. The van der Waals surface area contributed by atoms with Gasteiger partial charge in [-0.15, -0.1) is 0 Å². The first-order chi connectivity index (χ1) is 11.6. The number of carbonyl (C=O) groups excluding carboxylic acids is 1. The van der Waals surface area contributed by atoms with Crippen LogP contribution >= 0.6 is 0 Å². The number of nitrogens with two attached hydrogens (primary N) is 1. The molecule has 3 aromatic rings. The molecule has 122 valence electrons. The van der Waals surface area contributed by atoms with Crippen molar-refractivity contribution in [2.75, 3.05) is 11.1 Å². The Morgan fingerprint density at radius 3 is 2.88 bits per heavy atom. The second-order valence-corrected chi connectivity index (χ2v) is 6.61. The van der Waals surface area contributed by atoms with Crippen LogP contribution in [0.2, 0.25) is 0 Å². The smallest absolute Gasteiger partial charge is 0.255 e. The number of aromatic nitrogens is 2. The Bertz CT molecular complexity index is 924. The lowest BCUT2D eigenvalue weighted by atomic mass is 10.1. The molecular formula is C19H20N4O. The molecule has 0 unspecified atom stereocenters. The number of amides is 1. The summed E-state index contributed by atoms with van der Waals surface area (Å²) in [5.74, 6) is 0.606. The van der Waals surface area contributed by atoms with Crippen LogP contribution in [0.15, 0.2) is 42.6 Å². The van der Waals surface area contributed by atoms with Gasteiger partial charge in [0.15, 0.2) is 0 Å². The number of anilines is 2.